The molecule has 0 aliphatic carbocycles. The van der Waals surface area contributed by atoms with Crippen molar-refractivity contribution in [3.8, 4) is 0 Å². The minimum absolute atomic E-state index is 0.0470. The van der Waals surface area contributed by atoms with Gasteiger partial charge in [0.15, 0.2) is 0 Å². The maximum atomic E-state index is 12.5. The Morgan fingerprint density at radius 2 is 1.90 bits per heavy atom. The van der Waals surface area contributed by atoms with Crippen molar-refractivity contribution in [2.45, 2.75) is 6.92 Å². The summed E-state index contributed by atoms with van der Waals surface area (Å²) in [6.07, 6.45) is 0. The van der Waals surface area contributed by atoms with Gasteiger partial charge in [-0.25, -0.2) is 4.98 Å². The molecule has 54 valence electrons. The van der Waals surface area contributed by atoms with E-state index in [4.69, 9.17) is 11.5 Å². The van der Waals surface area contributed by atoms with E-state index in [0.29, 0.717) is 5.69 Å². The smallest absolute Gasteiger partial charge is 0.241 e. The Morgan fingerprint density at radius 1 is 1.30 bits per heavy atom. The van der Waals surface area contributed by atoms with E-state index in [0.717, 1.165) is 0 Å². The molecule has 0 aliphatic rings. The summed E-state index contributed by atoms with van der Waals surface area (Å²) in [5, 5.41) is 0. The molecule has 1 aromatic heterocycles. The number of hydrogen-bond acceptors (Lipinski definition) is 4. The summed E-state index contributed by atoms with van der Waals surface area (Å²) in [4.78, 5) is 6.84. The predicted molar refractivity (Wildman–Crippen MR) is 35.6 cm³/mol. The maximum absolute atomic E-state index is 12.5. The summed E-state index contributed by atoms with van der Waals surface area (Å²) in [7, 11) is 0. The van der Waals surface area contributed by atoms with Gasteiger partial charge >= 0.3 is 0 Å². The third-order valence-electron chi connectivity index (χ3n) is 1.11. The first-order chi connectivity index (χ1) is 4.61. The molecular formula is C5H7FN4. The molecule has 0 spiro atoms. The van der Waals surface area contributed by atoms with Gasteiger partial charge in [-0.15, -0.1) is 0 Å². The molecule has 1 aromatic rings. The topological polar surface area (TPSA) is 77.8 Å². The largest absolute Gasteiger partial charge is 0.394 e. The van der Waals surface area contributed by atoms with Gasteiger partial charge in [0.2, 0.25) is 11.9 Å². The van der Waals surface area contributed by atoms with Crippen LogP contribution in [0.2, 0.25) is 0 Å². The fourth-order valence-electron chi connectivity index (χ4n) is 0.567. The molecule has 0 fully saturated rings. The SMILES string of the molecule is Cc1nc(N)nc(F)c1N. The monoisotopic (exact) mass is 142 g/mol. The zero-order valence-electron chi connectivity index (χ0n) is 5.43. The van der Waals surface area contributed by atoms with Crippen LogP contribution in [0.15, 0.2) is 0 Å². The van der Waals surface area contributed by atoms with E-state index in [1.807, 2.05) is 0 Å². The van der Waals surface area contributed by atoms with E-state index >= 15 is 0 Å². The summed E-state index contributed by atoms with van der Waals surface area (Å²) in [6, 6.07) is 0. The fourth-order valence-corrected chi connectivity index (χ4v) is 0.567. The van der Waals surface area contributed by atoms with Crippen molar-refractivity contribution < 1.29 is 4.39 Å². The van der Waals surface area contributed by atoms with Crippen LogP contribution in [0, 0.1) is 12.9 Å². The summed E-state index contributed by atoms with van der Waals surface area (Å²) < 4.78 is 12.5. The van der Waals surface area contributed by atoms with Crippen molar-refractivity contribution in [2.75, 3.05) is 11.5 Å². The molecule has 5 heteroatoms. The number of nitrogens with two attached hydrogens (primary N) is 2. The van der Waals surface area contributed by atoms with Crippen LogP contribution in [0.5, 0.6) is 0 Å². The van der Waals surface area contributed by atoms with E-state index in [-0.39, 0.29) is 11.6 Å². The Labute approximate surface area is 57.1 Å². The fraction of sp³-hybridized carbons (Fsp3) is 0.200. The lowest BCUT2D eigenvalue weighted by Crippen LogP contribution is -2.04. The van der Waals surface area contributed by atoms with Gasteiger partial charge in [0, 0.05) is 0 Å². The average molecular weight is 142 g/mol. The third-order valence-corrected chi connectivity index (χ3v) is 1.11. The van der Waals surface area contributed by atoms with E-state index in [1.54, 1.807) is 6.92 Å². The number of anilines is 2. The quantitative estimate of drug-likeness (QED) is 0.503. The Hall–Kier alpha value is -1.39. The van der Waals surface area contributed by atoms with Gasteiger partial charge in [-0.2, -0.15) is 9.37 Å². The maximum Gasteiger partial charge on any atom is 0.241 e. The average Bonchev–Trinajstić information content (AvgIpc) is 1.82. The van der Waals surface area contributed by atoms with Crippen LogP contribution >= 0.6 is 0 Å². The molecule has 1 heterocycles. The number of nitrogen functional groups attached to an aromatic ring is 2. The van der Waals surface area contributed by atoms with Crippen LogP contribution in [0.1, 0.15) is 5.69 Å². The second-order valence-corrected chi connectivity index (χ2v) is 1.87. The minimum atomic E-state index is -0.759. The van der Waals surface area contributed by atoms with Gasteiger partial charge in [0.1, 0.15) is 5.69 Å². The zero-order chi connectivity index (χ0) is 7.72. The summed E-state index contributed by atoms with van der Waals surface area (Å²) >= 11 is 0. The van der Waals surface area contributed by atoms with Gasteiger partial charge in [-0.05, 0) is 6.92 Å². The molecule has 0 aromatic carbocycles. The Morgan fingerprint density at radius 3 is 2.40 bits per heavy atom. The van der Waals surface area contributed by atoms with Crippen LogP contribution in [0.3, 0.4) is 0 Å². The van der Waals surface area contributed by atoms with Crippen molar-refractivity contribution in [3.05, 3.63) is 11.6 Å². The molecule has 4 nitrogen and oxygen atoms in total. The molecule has 0 saturated carbocycles. The number of halogens is 1. The molecule has 0 radical (unpaired) electrons. The number of aryl methyl sites for hydroxylation is 1. The van der Waals surface area contributed by atoms with Crippen molar-refractivity contribution >= 4 is 11.6 Å². The molecule has 0 unspecified atom stereocenters. The van der Waals surface area contributed by atoms with Crippen molar-refractivity contribution in [1.82, 2.24) is 9.97 Å². The summed E-state index contributed by atoms with van der Waals surface area (Å²) in [6.45, 7) is 1.57. The lowest BCUT2D eigenvalue weighted by atomic mass is 10.4. The first kappa shape index (κ1) is 6.73. The standard InChI is InChI=1S/C5H7FN4/c1-2-3(7)4(6)10-5(8)9-2/h7H2,1H3,(H2,8,9,10). The van der Waals surface area contributed by atoms with Crippen LogP contribution in [0.25, 0.3) is 0 Å². The highest BCUT2D eigenvalue weighted by atomic mass is 19.1. The van der Waals surface area contributed by atoms with Crippen LogP contribution in [-0.2, 0) is 0 Å². The van der Waals surface area contributed by atoms with E-state index in [1.165, 1.54) is 0 Å². The Balaban J connectivity index is 3.31. The lowest BCUT2D eigenvalue weighted by Gasteiger charge is -1.99. The minimum Gasteiger partial charge on any atom is -0.394 e. The van der Waals surface area contributed by atoms with Crippen LogP contribution < -0.4 is 11.5 Å². The van der Waals surface area contributed by atoms with Gasteiger partial charge in [-0.1, -0.05) is 0 Å². The summed E-state index contributed by atoms with van der Waals surface area (Å²) in [5.41, 5.74) is 10.6. The first-order valence-corrected chi connectivity index (χ1v) is 2.66. The molecule has 0 atom stereocenters. The Bertz CT molecular complexity index is 237. The normalized spacial score (nSPS) is 9.80. The second kappa shape index (κ2) is 2.09. The molecule has 1 rings (SSSR count). The van der Waals surface area contributed by atoms with E-state index in [9.17, 15) is 4.39 Å². The second-order valence-electron chi connectivity index (χ2n) is 1.87. The lowest BCUT2D eigenvalue weighted by molar-refractivity contribution is 0.586. The van der Waals surface area contributed by atoms with Crippen molar-refractivity contribution in [1.29, 1.82) is 0 Å². The number of aromatic nitrogens is 2. The predicted octanol–water partition coefficient (Wildman–Crippen LogP) is 0.0885. The van der Waals surface area contributed by atoms with Crippen molar-refractivity contribution in [2.24, 2.45) is 0 Å². The molecule has 0 saturated heterocycles. The van der Waals surface area contributed by atoms with Gasteiger partial charge in [0.25, 0.3) is 0 Å². The highest BCUT2D eigenvalue weighted by Gasteiger charge is 2.04. The molecule has 4 N–H and O–H groups in total. The molecule has 10 heavy (non-hydrogen) atoms. The number of hydrogen-bond donors (Lipinski definition) is 2. The third kappa shape index (κ3) is 0.975. The molecule has 0 bridgehead atoms. The highest BCUT2D eigenvalue weighted by Crippen LogP contribution is 2.10. The molecule has 0 aliphatic heterocycles. The van der Waals surface area contributed by atoms with Gasteiger partial charge in [0.05, 0.1) is 5.69 Å². The molecule has 0 amide bonds. The van der Waals surface area contributed by atoms with Gasteiger partial charge < -0.3 is 11.5 Å². The van der Waals surface area contributed by atoms with Crippen LogP contribution in [-0.4, -0.2) is 9.97 Å². The van der Waals surface area contributed by atoms with E-state index in [2.05, 4.69) is 9.97 Å². The van der Waals surface area contributed by atoms with E-state index < -0.39 is 5.95 Å². The van der Waals surface area contributed by atoms with Crippen molar-refractivity contribution in [3.63, 3.8) is 0 Å². The highest BCUT2D eigenvalue weighted by molar-refractivity contribution is 5.43. The van der Waals surface area contributed by atoms with Crippen LogP contribution in [0.4, 0.5) is 16.0 Å². The summed E-state index contributed by atoms with van der Waals surface area (Å²) in [5.74, 6) is -0.853. The Kier molecular flexibility index (Phi) is 1.41. The number of nitrogens with zero attached hydrogens (tertiary/aromatic N) is 2. The molecular weight excluding hydrogens is 135 g/mol. The first-order valence-electron chi connectivity index (χ1n) is 2.66. The van der Waals surface area contributed by atoms with Gasteiger partial charge in [-0.3, -0.25) is 0 Å². The zero-order valence-corrected chi connectivity index (χ0v) is 5.43. The number of rotatable bonds is 0.